The van der Waals surface area contributed by atoms with E-state index < -0.39 is 0 Å². The van der Waals surface area contributed by atoms with Gasteiger partial charge in [0.15, 0.2) is 0 Å². The second-order valence-corrected chi connectivity index (χ2v) is 5.07. The van der Waals surface area contributed by atoms with E-state index in [0.717, 1.165) is 10.2 Å². The molecule has 17 heavy (non-hydrogen) atoms. The molecule has 1 fully saturated rings. The molecule has 2 N–H and O–H groups in total. The quantitative estimate of drug-likeness (QED) is 0.896. The number of anilines is 1. The van der Waals surface area contributed by atoms with Crippen molar-refractivity contribution in [3.63, 3.8) is 0 Å². The molecule has 0 heterocycles. The van der Waals surface area contributed by atoms with Gasteiger partial charge < -0.3 is 10.6 Å². The fourth-order valence-electron chi connectivity index (χ4n) is 1.46. The zero-order valence-corrected chi connectivity index (χ0v) is 12.0. The Morgan fingerprint density at radius 1 is 1.35 bits per heavy atom. The number of benzene rings is 1. The van der Waals surface area contributed by atoms with Gasteiger partial charge in [0.25, 0.3) is 0 Å². The summed E-state index contributed by atoms with van der Waals surface area (Å²) in [5.41, 5.74) is 0.831. The zero-order chi connectivity index (χ0) is 11.5. The van der Waals surface area contributed by atoms with Crippen LogP contribution in [0.15, 0.2) is 28.7 Å². The summed E-state index contributed by atoms with van der Waals surface area (Å²) in [7, 11) is 0. The number of halogens is 2. The van der Waals surface area contributed by atoms with Gasteiger partial charge in [-0.1, -0.05) is 15.9 Å². The van der Waals surface area contributed by atoms with E-state index in [-0.39, 0.29) is 24.4 Å². The molecule has 0 bridgehead atoms. The number of nitrogens with one attached hydrogen (secondary N) is 2. The highest BCUT2D eigenvalue weighted by molar-refractivity contribution is 9.10. The molecule has 5 heteroatoms. The van der Waals surface area contributed by atoms with Crippen molar-refractivity contribution in [3.8, 4) is 0 Å². The Morgan fingerprint density at radius 3 is 2.47 bits per heavy atom. The van der Waals surface area contributed by atoms with Crippen molar-refractivity contribution in [2.45, 2.75) is 31.8 Å². The summed E-state index contributed by atoms with van der Waals surface area (Å²) in [6.07, 6.45) is 2.38. The molecule has 0 saturated heterocycles. The minimum atomic E-state index is -0.129. The van der Waals surface area contributed by atoms with E-state index in [0.29, 0.717) is 6.04 Å². The summed E-state index contributed by atoms with van der Waals surface area (Å²) in [6.45, 7) is 1.90. The maximum absolute atomic E-state index is 11.8. The van der Waals surface area contributed by atoms with Gasteiger partial charge in [-0.3, -0.25) is 4.79 Å². The van der Waals surface area contributed by atoms with E-state index in [1.165, 1.54) is 12.8 Å². The van der Waals surface area contributed by atoms with Crippen LogP contribution in [0.2, 0.25) is 0 Å². The third-order valence-electron chi connectivity index (χ3n) is 2.57. The summed E-state index contributed by atoms with van der Waals surface area (Å²) in [5.74, 6) is 0.0224. The lowest BCUT2D eigenvalue weighted by Gasteiger charge is -2.13. The van der Waals surface area contributed by atoms with Crippen molar-refractivity contribution >= 4 is 39.9 Å². The summed E-state index contributed by atoms with van der Waals surface area (Å²) in [4.78, 5) is 11.8. The van der Waals surface area contributed by atoms with E-state index in [4.69, 9.17) is 0 Å². The van der Waals surface area contributed by atoms with E-state index in [9.17, 15) is 4.79 Å². The lowest BCUT2D eigenvalue weighted by atomic mass is 10.2. The van der Waals surface area contributed by atoms with Crippen LogP contribution >= 0.6 is 28.3 Å². The van der Waals surface area contributed by atoms with Gasteiger partial charge in [0.05, 0.1) is 6.04 Å². The van der Waals surface area contributed by atoms with E-state index in [2.05, 4.69) is 26.6 Å². The zero-order valence-electron chi connectivity index (χ0n) is 9.57. The Kier molecular flexibility index (Phi) is 5.43. The molecular formula is C12H16BrClN2O. The summed E-state index contributed by atoms with van der Waals surface area (Å²) < 4.78 is 1.01. The summed E-state index contributed by atoms with van der Waals surface area (Å²) >= 11 is 3.36. The molecule has 1 aliphatic carbocycles. The predicted octanol–water partition coefficient (Wildman–Crippen LogP) is 2.95. The number of hydrogen-bond donors (Lipinski definition) is 2. The summed E-state index contributed by atoms with van der Waals surface area (Å²) in [5, 5.41) is 6.14. The van der Waals surface area contributed by atoms with E-state index in [1.807, 2.05) is 31.2 Å². The smallest absolute Gasteiger partial charge is 0.241 e. The number of rotatable bonds is 4. The molecule has 0 spiro atoms. The fraction of sp³-hybridized carbons (Fsp3) is 0.417. The Bertz CT molecular complexity index is 379. The monoisotopic (exact) mass is 318 g/mol. The molecule has 1 aromatic carbocycles. The number of carbonyl (C=O) groups is 1. The van der Waals surface area contributed by atoms with Crippen LogP contribution in [0.25, 0.3) is 0 Å². The second kappa shape index (κ2) is 6.38. The topological polar surface area (TPSA) is 41.1 Å². The van der Waals surface area contributed by atoms with Crippen LogP contribution in [0.1, 0.15) is 19.8 Å². The molecule has 2 rings (SSSR count). The first-order valence-corrected chi connectivity index (χ1v) is 6.27. The molecule has 0 aromatic heterocycles. The number of amides is 1. The van der Waals surface area contributed by atoms with Gasteiger partial charge in [0, 0.05) is 16.2 Å². The number of carbonyl (C=O) groups excluding carboxylic acids is 1. The fourth-order valence-corrected chi connectivity index (χ4v) is 1.73. The SMILES string of the molecule is CC(NC1CC1)C(=O)Nc1ccc(Br)cc1.Cl. The second-order valence-electron chi connectivity index (χ2n) is 4.16. The molecular weight excluding hydrogens is 304 g/mol. The van der Waals surface area contributed by atoms with Crippen molar-refractivity contribution in [1.29, 1.82) is 0 Å². The highest BCUT2D eigenvalue weighted by atomic mass is 79.9. The van der Waals surface area contributed by atoms with Gasteiger partial charge >= 0.3 is 0 Å². The maximum Gasteiger partial charge on any atom is 0.241 e. The Morgan fingerprint density at radius 2 is 1.94 bits per heavy atom. The highest BCUT2D eigenvalue weighted by Crippen LogP contribution is 2.19. The van der Waals surface area contributed by atoms with Crippen molar-refractivity contribution in [2.24, 2.45) is 0 Å². The van der Waals surface area contributed by atoms with Crippen LogP contribution in [-0.2, 0) is 4.79 Å². The van der Waals surface area contributed by atoms with Crippen molar-refractivity contribution in [3.05, 3.63) is 28.7 Å². The van der Waals surface area contributed by atoms with Gasteiger partial charge in [-0.2, -0.15) is 0 Å². The van der Waals surface area contributed by atoms with Crippen LogP contribution in [0, 0.1) is 0 Å². The van der Waals surface area contributed by atoms with Crippen LogP contribution in [0.4, 0.5) is 5.69 Å². The minimum absolute atomic E-state index is 0. The maximum atomic E-state index is 11.8. The van der Waals surface area contributed by atoms with Gasteiger partial charge in [0.2, 0.25) is 5.91 Å². The van der Waals surface area contributed by atoms with Crippen LogP contribution in [0.3, 0.4) is 0 Å². The average Bonchev–Trinajstić information content (AvgIpc) is 3.05. The molecule has 0 aliphatic heterocycles. The van der Waals surface area contributed by atoms with Crippen molar-refractivity contribution < 1.29 is 4.79 Å². The molecule has 0 radical (unpaired) electrons. The van der Waals surface area contributed by atoms with Crippen molar-refractivity contribution in [2.75, 3.05) is 5.32 Å². The molecule has 1 saturated carbocycles. The van der Waals surface area contributed by atoms with Crippen LogP contribution in [-0.4, -0.2) is 18.0 Å². The third kappa shape index (κ3) is 4.66. The summed E-state index contributed by atoms with van der Waals surface area (Å²) in [6, 6.07) is 8.00. The first-order chi connectivity index (χ1) is 7.65. The molecule has 3 nitrogen and oxygen atoms in total. The van der Waals surface area contributed by atoms with Gasteiger partial charge in [0.1, 0.15) is 0 Å². The first-order valence-electron chi connectivity index (χ1n) is 5.47. The third-order valence-corrected chi connectivity index (χ3v) is 3.10. The molecule has 1 atom stereocenters. The molecule has 94 valence electrons. The van der Waals surface area contributed by atoms with Crippen LogP contribution in [0.5, 0.6) is 0 Å². The molecule has 1 aromatic rings. The average molecular weight is 320 g/mol. The molecule has 1 aliphatic rings. The van der Waals surface area contributed by atoms with Crippen molar-refractivity contribution in [1.82, 2.24) is 5.32 Å². The lowest BCUT2D eigenvalue weighted by molar-refractivity contribution is -0.117. The largest absolute Gasteiger partial charge is 0.325 e. The molecule has 1 unspecified atom stereocenters. The standard InChI is InChI=1S/C12H15BrN2O.ClH/c1-8(14-10-6-7-10)12(16)15-11-4-2-9(13)3-5-11;/h2-5,8,10,14H,6-7H2,1H3,(H,15,16);1H. The van der Waals surface area contributed by atoms with E-state index >= 15 is 0 Å². The lowest BCUT2D eigenvalue weighted by Crippen LogP contribution is -2.39. The predicted molar refractivity (Wildman–Crippen MR) is 75.6 cm³/mol. The van der Waals surface area contributed by atoms with Crippen LogP contribution < -0.4 is 10.6 Å². The molecule has 1 amide bonds. The number of hydrogen-bond acceptors (Lipinski definition) is 2. The Hall–Kier alpha value is -0.580. The minimum Gasteiger partial charge on any atom is -0.325 e. The highest BCUT2D eigenvalue weighted by Gasteiger charge is 2.25. The normalized spacial score (nSPS) is 15.9. The Balaban J connectivity index is 0.00000144. The Labute approximate surface area is 116 Å². The van der Waals surface area contributed by atoms with Gasteiger partial charge in [-0.05, 0) is 44.0 Å². The first kappa shape index (κ1) is 14.5. The van der Waals surface area contributed by atoms with Gasteiger partial charge in [-0.15, -0.1) is 12.4 Å². The van der Waals surface area contributed by atoms with Gasteiger partial charge in [-0.25, -0.2) is 0 Å². The van der Waals surface area contributed by atoms with E-state index in [1.54, 1.807) is 0 Å².